The molecule has 0 spiro atoms. The van der Waals surface area contributed by atoms with Gasteiger partial charge in [-0.2, -0.15) is 0 Å². The van der Waals surface area contributed by atoms with E-state index in [0.29, 0.717) is 11.6 Å². The number of halogens is 1. The third kappa shape index (κ3) is 5.05. The van der Waals surface area contributed by atoms with Crippen molar-refractivity contribution in [2.45, 2.75) is 33.6 Å². The van der Waals surface area contributed by atoms with Crippen LogP contribution >= 0.6 is 11.6 Å². The largest absolute Gasteiger partial charge is 0.344 e. The maximum atomic E-state index is 12.2. The highest BCUT2D eigenvalue weighted by Gasteiger charge is 2.19. The molecule has 0 fully saturated rings. The maximum Gasteiger partial charge on any atom is 0.242 e. The summed E-state index contributed by atoms with van der Waals surface area (Å²) in [6, 6.07) is 5.29. The molecule has 0 aliphatic rings. The molecule has 4 nitrogen and oxygen atoms in total. The van der Waals surface area contributed by atoms with E-state index in [-0.39, 0.29) is 18.4 Å². The Balaban J connectivity index is 2.88. The zero-order valence-corrected chi connectivity index (χ0v) is 13.9. The second-order valence-corrected chi connectivity index (χ2v) is 5.64. The van der Waals surface area contributed by atoms with Gasteiger partial charge in [0.15, 0.2) is 0 Å². The van der Waals surface area contributed by atoms with Gasteiger partial charge in [-0.1, -0.05) is 24.9 Å². The predicted octanol–water partition coefficient (Wildman–Crippen LogP) is 3.26. The molecule has 0 aromatic heterocycles. The molecule has 1 rings (SSSR count). The van der Waals surface area contributed by atoms with Crippen LogP contribution in [0.5, 0.6) is 0 Å². The van der Waals surface area contributed by atoms with Gasteiger partial charge in [-0.25, -0.2) is 0 Å². The number of anilines is 1. The van der Waals surface area contributed by atoms with E-state index in [1.165, 1.54) is 11.8 Å². The number of hydrogen-bond donors (Lipinski definition) is 0. The van der Waals surface area contributed by atoms with Crippen molar-refractivity contribution in [3.05, 3.63) is 28.8 Å². The molecule has 2 amide bonds. The van der Waals surface area contributed by atoms with Crippen LogP contribution in [0, 0.1) is 6.92 Å². The minimum atomic E-state index is -0.155. The summed E-state index contributed by atoms with van der Waals surface area (Å²) in [5.41, 5.74) is 1.60. The lowest BCUT2D eigenvalue weighted by molar-refractivity contribution is -0.130. The second kappa shape index (κ2) is 8.03. The Morgan fingerprint density at radius 1 is 1.29 bits per heavy atom. The van der Waals surface area contributed by atoms with Gasteiger partial charge in [-0.15, -0.1) is 0 Å². The Bertz CT molecular complexity index is 517. The van der Waals surface area contributed by atoms with Crippen molar-refractivity contribution in [1.29, 1.82) is 0 Å². The molecule has 0 aliphatic carbocycles. The van der Waals surface area contributed by atoms with Crippen LogP contribution in [0.15, 0.2) is 18.2 Å². The molecule has 1 aromatic rings. The van der Waals surface area contributed by atoms with Gasteiger partial charge in [0.05, 0.1) is 0 Å². The fraction of sp³-hybridized carbons (Fsp3) is 0.500. The quantitative estimate of drug-likeness (QED) is 0.809. The van der Waals surface area contributed by atoms with E-state index in [1.54, 1.807) is 30.1 Å². The number of aryl methyl sites for hydroxylation is 1. The summed E-state index contributed by atoms with van der Waals surface area (Å²) in [5, 5.41) is 0.617. The zero-order chi connectivity index (χ0) is 16.0. The molecule has 1 aromatic carbocycles. The van der Waals surface area contributed by atoms with E-state index in [1.807, 2.05) is 6.92 Å². The van der Waals surface area contributed by atoms with E-state index in [4.69, 9.17) is 11.6 Å². The monoisotopic (exact) mass is 310 g/mol. The van der Waals surface area contributed by atoms with Gasteiger partial charge in [-0.05, 0) is 37.1 Å². The molecular weight excluding hydrogens is 288 g/mol. The molecule has 0 radical (unpaired) electrons. The standard InChI is InChI=1S/C16H23ClN2O2/c1-5-6-9-18(4)16(21)11-19(13(3)20)15-8-7-14(17)10-12(15)2/h7-8,10H,5-6,9,11H2,1-4H3. The normalized spacial score (nSPS) is 10.3. The first kappa shape index (κ1) is 17.5. The van der Waals surface area contributed by atoms with E-state index < -0.39 is 0 Å². The lowest BCUT2D eigenvalue weighted by atomic mass is 10.1. The van der Waals surface area contributed by atoms with Crippen LogP contribution < -0.4 is 4.90 Å². The Morgan fingerprint density at radius 3 is 2.48 bits per heavy atom. The first-order chi connectivity index (χ1) is 9.86. The molecule has 0 N–H and O–H groups in total. The number of benzene rings is 1. The van der Waals surface area contributed by atoms with Crippen molar-refractivity contribution in [2.24, 2.45) is 0 Å². The van der Waals surface area contributed by atoms with Gasteiger partial charge in [0.25, 0.3) is 0 Å². The third-order valence-electron chi connectivity index (χ3n) is 3.40. The van der Waals surface area contributed by atoms with Crippen LogP contribution in [0.1, 0.15) is 32.3 Å². The van der Waals surface area contributed by atoms with E-state index in [0.717, 1.165) is 24.1 Å². The summed E-state index contributed by atoms with van der Waals surface area (Å²) < 4.78 is 0. The molecule has 0 aliphatic heterocycles. The second-order valence-electron chi connectivity index (χ2n) is 5.20. The van der Waals surface area contributed by atoms with Crippen molar-refractivity contribution in [2.75, 3.05) is 25.0 Å². The number of unbranched alkanes of at least 4 members (excludes halogenated alkanes) is 1. The van der Waals surface area contributed by atoms with Crippen molar-refractivity contribution in [3.63, 3.8) is 0 Å². The number of nitrogens with zero attached hydrogens (tertiary/aromatic N) is 2. The molecule has 116 valence electrons. The average Bonchev–Trinajstić information content (AvgIpc) is 2.42. The average molecular weight is 311 g/mol. The first-order valence-electron chi connectivity index (χ1n) is 7.15. The molecule has 0 atom stereocenters. The molecule has 0 heterocycles. The van der Waals surface area contributed by atoms with Crippen LogP contribution in [-0.4, -0.2) is 36.9 Å². The Labute approximate surface area is 131 Å². The highest BCUT2D eigenvalue weighted by Crippen LogP contribution is 2.23. The number of likely N-dealkylation sites (N-methyl/N-ethyl adjacent to an activating group) is 1. The molecule has 5 heteroatoms. The van der Waals surface area contributed by atoms with Crippen molar-refractivity contribution in [1.82, 2.24) is 4.90 Å². The highest BCUT2D eigenvalue weighted by atomic mass is 35.5. The Hall–Kier alpha value is -1.55. The van der Waals surface area contributed by atoms with Crippen molar-refractivity contribution >= 4 is 29.1 Å². The topological polar surface area (TPSA) is 40.6 Å². The lowest BCUT2D eigenvalue weighted by Crippen LogP contribution is -2.41. The van der Waals surface area contributed by atoms with Crippen molar-refractivity contribution in [3.8, 4) is 0 Å². The summed E-state index contributed by atoms with van der Waals surface area (Å²) >= 11 is 5.94. The molecule has 21 heavy (non-hydrogen) atoms. The zero-order valence-electron chi connectivity index (χ0n) is 13.1. The van der Waals surface area contributed by atoms with Crippen LogP contribution in [0.4, 0.5) is 5.69 Å². The summed E-state index contributed by atoms with van der Waals surface area (Å²) in [6.07, 6.45) is 1.99. The van der Waals surface area contributed by atoms with Crippen LogP contribution in [0.3, 0.4) is 0 Å². The third-order valence-corrected chi connectivity index (χ3v) is 3.63. The van der Waals surface area contributed by atoms with Gasteiger partial charge < -0.3 is 9.80 Å². The molecular formula is C16H23ClN2O2. The van der Waals surface area contributed by atoms with E-state index in [9.17, 15) is 9.59 Å². The Morgan fingerprint density at radius 2 is 1.95 bits per heavy atom. The fourth-order valence-electron chi connectivity index (χ4n) is 2.06. The number of hydrogen-bond acceptors (Lipinski definition) is 2. The van der Waals surface area contributed by atoms with Gasteiger partial charge in [-0.3, -0.25) is 9.59 Å². The molecule has 0 saturated carbocycles. The first-order valence-corrected chi connectivity index (χ1v) is 7.52. The molecule has 0 saturated heterocycles. The smallest absolute Gasteiger partial charge is 0.242 e. The van der Waals surface area contributed by atoms with Gasteiger partial charge in [0.2, 0.25) is 11.8 Å². The van der Waals surface area contributed by atoms with Crippen LogP contribution in [0.2, 0.25) is 5.02 Å². The summed E-state index contributed by atoms with van der Waals surface area (Å²) in [6.45, 7) is 6.19. The summed E-state index contributed by atoms with van der Waals surface area (Å²) in [7, 11) is 1.77. The van der Waals surface area contributed by atoms with E-state index in [2.05, 4.69) is 6.92 Å². The summed E-state index contributed by atoms with van der Waals surface area (Å²) in [4.78, 5) is 27.3. The molecule has 0 unspecified atom stereocenters. The SMILES string of the molecule is CCCCN(C)C(=O)CN(C(C)=O)c1ccc(Cl)cc1C. The maximum absolute atomic E-state index is 12.2. The van der Waals surface area contributed by atoms with Crippen LogP contribution in [0.25, 0.3) is 0 Å². The fourth-order valence-corrected chi connectivity index (χ4v) is 2.29. The summed E-state index contributed by atoms with van der Waals surface area (Å²) in [5.74, 6) is -0.217. The minimum absolute atomic E-state index is 0.0536. The number of carbonyl (C=O) groups excluding carboxylic acids is 2. The number of amides is 2. The van der Waals surface area contributed by atoms with Gasteiger partial charge >= 0.3 is 0 Å². The number of rotatable bonds is 6. The highest BCUT2D eigenvalue weighted by molar-refractivity contribution is 6.30. The lowest BCUT2D eigenvalue weighted by Gasteiger charge is -2.25. The van der Waals surface area contributed by atoms with Crippen molar-refractivity contribution < 1.29 is 9.59 Å². The van der Waals surface area contributed by atoms with Crippen LogP contribution in [-0.2, 0) is 9.59 Å². The van der Waals surface area contributed by atoms with Gasteiger partial charge in [0, 0.05) is 31.2 Å². The molecule has 0 bridgehead atoms. The van der Waals surface area contributed by atoms with E-state index >= 15 is 0 Å². The van der Waals surface area contributed by atoms with Gasteiger partial charge in [0.1, 0.15) is 6.54 Å². The Kier molecular flexibility index (Phi) is 6.69. The minimum Gasteiger partial charge on any atom is -0.344 e. The predicted molar refractivity (Wildman–Crippen MR) is 86.8 cm³/mol. The number of carbonyl (C=O) groups is 2.